The molecule has 6 heteroatoms. The number of hydrogen-bond acceptors (Lipinski definition) is 5. The van der Waals surface area contributed by atoms with Crippen LogP contribution in [-0.4, -0.2) is 41.6 Å². The van der Waals surface area contributed by atoms with Crippen LogP contribution in [0.1, 0.15) is 38.5 Å². The predicted molar refractivity (Wildman–Crippen MR) is 81.5 cm³/mol. The summed E-state index contributed by atoms with van der Waals surface area (Å²) in [6, 6.07) is 0.589. The summed E-state index contributed by atoms with van der Waals surface area (Å²) in [5, 5.41) is 0.289. The van der Waals surface area contributed by atoms with Crippen molar-refractivity contribution in [1.29, 1.82) is 0 Å². The molecule has 110 valence electrons. The number of piperidine rings is 1. The lowest BCUT2D eigenvalue weighted by molar-refractivity contribution is 0.241. The number of anilines is 2. The molecule has 5 nitrogen and oxygen atoms in total. The van der Waals surface area contributed by atoms with E-state index in [2.05, 4.69) is 19.9 Å². The van der Waals surface area contributed by atoms with Gasteiger partial charge in [-0.05, 0) is 43.2 Å². The molecule has 1 saturated carbocycles. The van der Waals surface area contributed by atoms with E-state index in [4.69, 9.17) is 11.6 Å². The first kappa shape index (κ1) is 13.9. The zero-order valence-corrected chi connectivity index (χ0v) is 13.0. The molecule has 0 radical (unpaired) electrons. The molecule has 0 aromatic carbocycles. The van der Waals surface area contributed by atoms with Crippen molar-refractivity contribution in [2.24, 2.45) is 5.92 Å². The van der Waals surface area contributed by atoms with Gasteiger partial charge in [0.05, 0.1) is 0 Å². The fraction of sp³-hybridized carbons (Fsp3) is 0.786. The van der Waals surface area contributed by atoms with Gasteiger partial charge in [0, 0.05) is 26.7 Å². The second-order valence-electron chi connectivity index (χ2n) is 6.05. The minimum Gasteiger partial charge on any atom is -0.347 e. The van der Waals surface area contributed by atoms with Crippen LogP contribution in [0.3, 0.4) is 0 Å². The molecule has 2 atom stereocenters. The van der Waals surface area contributed by atoms with Gasteiger partial charge in [0.1, 0.15) is 0 Å². The summed E-state index contributed by atoms with van der Waals surface area (Å²) in [5.41, 5.74) is 0. The molecule has 1 aliphatic heterocycles. The quantitative estimate of drug-likeness (QED) is 0.839. The highest BCUT2D eigenvalue weighted by Crippen LogP contribution is 2.37. The second-order valence-corrected chi connectivity index (χ2v) is 6.38. The van der Waals surface area contributed by atoms with E-state index in [-0.39, 0.29) is 5.28 Å². The lowest BCUT2D eigenvalue weighted by atomic mass is 9.78. The molecule has 0 unspecified atom stereocenters. The van der Waals surface area contributed by atoms with E-state index in [1.54, 1.807) is 0 Å². The molecule has 0 spiro atoms. The van der Waals surface area contributed by atoms with Crippen molar-refractivity contribution >= 4 is 23.5 Å². The summed E-state index contributed by atoms with van der Waals surface area (Å²) >= 11 is 6.07. The van der Waals surface area contributed by atoms with Crippen LogP contribution in [0.4, 0.5) is 11.9 Å². The highest BCUT2D eigenvalue weighted by atomic mass is 35.5. The van der Waals surface area contributed by atoms with E-state index in [1.165, 1.54) is 38.5 Å². The van der Waals surface area contributed by atoms with Crippen LogP contribution in [0.2, 0.25) is 5.28 Å². The Morgan fingerprint density at radius 1 is 1.05 bits per heavy atom. The molecule has 1 aliphatic carbocycles. The maximum atomic E-state index is 6.07. The van der Waals surface area contributed by atoms with E-state index in [0.717, 1.165) is 18.4 Å². The Morgan fingerprint density at radius 2 is 1.80 bits per heavy atom. The Hall–Kier alpha value is -1.10. The van der Waals surface area contributed by atoms with Crippen molar-refractivity contribution in [1.82, 2.24) is 15.0 Å². The third kappa shape index (κ3) is 2.68. The van der Waals surface area contributed by atoms with Gasteiger partial charge in [0.25, 0.3) is 0 Å². The average molecular weight is 296 g/mol. The molecule has 0 amide bonds. The monoisotopic (exact) mass is 295 g/mol. The molecule has 1 aromatic heterocycles. The number of aromatic nitrogens is 3. The maximum absolute atomic E-state index is 6.07. The highest BCUT2D eigenvalue weighted by Gasteiger charge is 2.34. The minimum absolute atomic E-state index is 0.289. The van der Waals surface area contributed by atoms with Crippen molar-refractivity contribution in [3.05, 3.63) is 5.28 Å². The minimum atomic E-state index is 0.289. The van der Waals surface area contributed by atoms with Gasteiger partial charge < -0.3 is 9.80 Å². The zero-order chi connectivity index (χ0) is 14.1. The molecule has 20 heavy (non-hydrogen) atoms. The normalized spacial score (nSPS) is 26.2. The maximum Gasteiger partial charge on any atom is 0.231 e. The van der Waals surface area contributed by atoms with Crippen LogP contribution in [0.25, 0.3) is 0 Å². The van der Waals surface area contributed by atoms with E-state index >= 15 is 0 Å². The lowest BCUT2D eigenvalue weighted by Gasteiger charge is -2.44. The Labute approximate surface area is 125 Å². The summed E-state index contributed by atoms with van der Waals surface area (Å²) in [5.74, 6) is 2.19. The fourth-order valence-corrected chi connectivity index (χ4v) is 3.68. The Balaban J connectivity index is 1.90. The largest absolute Gasteiger partial charge is 0.347 e. The number of rotatable bonds is 2. The summed E-state index contributed by atoms with van der Waals surface area (Å²) in [6.07, 6.45) is 7.86. The molecule has 0 N–H and O–H groups in total. The van der Waals surface area contributed by atoms with E-state index in [9.17, 15) is 0 Å². The van der Waals surface area contributed by atoms with E-state index in [1.807, 2.05) is 19.0 Å². The summed E-state index contributed by atoms with van der Waals surface area (Å²) in [6.45, 7) is 1.04. The topological polar surface area (TPSA) is 45.2 Å². The van der Waals surface area contributed by atoms with Gasteiger partial charge in [-0.3, -0.25) is 0 Å². The third-order valence-corrected chi connectivity index (χ3v) is 4.65. The highest BCUT2D eigenvalue weighted by molar-refractivity contribution is 6.28. The fourth-order valence-electron chi connectivity index (χ4n) is 3.53. The van der Waals surface area contributed by atoms with Gasteiger partial charge in [-0.25, -0.2) is 0 Å². The standard InChI is InChI=1S/C14H22ClN5/c1-19(2)13-16-12(15)17-14(18-13)20-9-5-7-10-6-3-4-8-11(10)20/h10-11H,3-9H2,1-2H3/t10-,11-/m1/s1. The van der Waals surface area contributed by atoms with Gasteiger partial charge in [-0.15, -0.1) is 0 Å². The number of nitrogens with zero attached hydrogens (tertiary/aromatic N) is 5. The van der Waals surface area contributed by atoms with Crippen LogP contribution in [0, 0.1) is 5.92 Å². The van der Waals surface area contributed by atoms with Gasteiger partial charge in [0.2, 0.25) is 17.2 Å². The second kappa shape index (κ2) is 5.72. The molecule has 2 heterocycles. The van der Waals surface area contributed by atoms with Crippen molar-refractivity contribution < 1.29 is 0 Å². The van der Waals surface area contributed by atoms with Crippen LogP contribution < -0.4 is 9.80 Å². The Morgan fingerprint density at radius 3 is 2.60 bits per heavy atom. The SMILES string of the molecule is CN(C)c1nc(Cl)nc(N2CCC[C@H]3CCCC[C@H]32)n1. The van der Waals surface area contributed by atoms with E-state index in [0.29, 0.717) is 12.0 Å². The van der Waals surface area contributed by atoms with Crippen molar-refractivity contribution in [3.8, 4) is 0 Å². The molecule has 1 aromatic rings. The molecule has 2 aliphatic rings. The van der Waals surface area contributed by atoms with Gasteiger partial charge in [-0.2, -0.15) is 15.0 Å². The first-order valence-corrected chi connectivity index (χ1v) is 7.88. The van der Waals surface area contributed by atoms with Crippen molar-refractivity contribution in [2.75, 3.05) is 30.4 Å². The number of fused-ring (bicyclic) bond motifs is 1. The number of halogens is 1. The zero-order valence-electron chi connectivity index (χ0n) is 12.2. The summed E-state index contributed by atoms with van der Waals surface area (Å²) in [7, 11) is 3.85. The smallest absolute Gasteiger partial charge is 0.231 e. The van der Waals surface area contributed by atoms with Crippen molar-refractivity contribution in [3.63, 3.8) is 0 Å². The van der Waals surface area contributed by atoms with Gasteiger partial charge in [0.15, 0.2) is 0 Å². The molecule has 1 saturated heterocycles. The van der Waals surface area contributed by atoms with Crippen LogP contribution in [-0.2, 0) is 0 Å². The predicted octanol–water partition coefficient (Wildman–Crippen LogP) is 2.75. The number of hydrogen-bond donors (Lipinski definition) is 0. The molecule has 2 fully saturated rings. The molecular formula is C14H22ClN5. The summed E-state index contributed by atoms with van der Waals surface area (Å²) < 4.78 is 0. The Bertz CT molecular complexity index is 477. The van der Waals surface area contributed by atoms with Crippen molar-refractivity contribution in [2.45, 2.75) is 44.6 Å². The molecule has 3 rings (SSSR count). The van der Waals surface area contributed by atoms with Gasteiger partial charge >= 0.3 is 0 Å². The average Bonchev–Trinajstić information content (AvgIpc) is 2.46. The molecular weight excluding hydrogens is 274 g/mol. The molecule has 0 bridgehead atoms. The first-order valence-electron chi connectivity index (χ1n) is 7.50. The van der Waals surface area contributed by atoms with Crippen LogP contribution >= 0.6 is 11.6 Å². The first-order chi connectivity index (χ1) is 9.65. The van der Waals surface area contributed by atoms with Crippen LogP contribution in [0.15, 0.2) is 0 Å². The lowest BCUT2D eigenvalue weighted by Crippen LogP contribution is -2.47. The Kier molecular flexibility index (Phi) is 3.96. The van der Waals surface area contributed by atoms with Crippen LogP contribution in [0.5, 0.6) is 0 Å². The van der Waals surface area contributed by atoms with E-state index < -0.39 is 0 Å². The summed E-state index contributed by atoms with van der Waals surface area (Å²) in [4.78, 5) is 17.4. The third-order valence-electron chi connectivity index (χ3n) is 4.48. The van der Waals surface area contributed by atoms with Gasteiger partial charge in [-0.1, -0.05) is 12.8 Å².